The maximum atomic E-state index is 11.6. The van der Waals surface area contributed by atoms with Crippen LogP contribution in [0.5, 0.6) is 0 Å². The van der Waals surface area contributed by atoms with E-state index < -0.39 is 5.54 Å². The number of carbonyl (C=O) groups excluding carboxylic acids is 1. The summed E-state index contributed by atoms with van der Waals surface area (Å²) >= 11 is 0. The summed E-state index contributed by atoms with van der Waals surface area (Å²) < 4.78 is 5.39. The molecule has 0 fully saturated rings. The number of ketones is 1. The number of aliphatic imine (C=N–C) groups is 1. The molecule has 112 valence electrons. The third-order valence-electron chi connectivity index (χ3n) is 3.25. The molecule has 1 atom stereocenters. The zero-order chi connectivity index (χ0) is 16.3. The fraction of sp³-hybridized carbons (Fsp3) is 0.312. The quantitative estimate of drug-likeness (QED) is 0.517. The Bertz CT molecular complexity index is 720. The largest absolute Gasteiger partial charge is 0.388 e. The van der Waals surface area contributed by atoms with E-state index in [4.69, 9.17) is 18.1 Å². The average molecular weight is 295 g/mol. The van der Waals surface area contributed by atoms with Gasteiger partial charge >= 0.3 is 0 Å². The lowest BCUT2D eigenvalue weighted by Crippen LogP contribution is -2.26. The van der Waals surface area contributed by atoms with Crippen LogP contribution in [0.3, 0.4) is 0 Å². The lowest BCUT2D eigenvalue weighted by atomic mass is 9.91. The molecule has 22 heavy (non-hydrogen) atoms. The second-order valence-electron chi connectivity index (χ2n) is 5.61. The van der Waals surface area contributed by atoms with Gasteiger partial charge in [-0.25, -0.2) is 0 Å². The highest BCUT2D eigenvalue weighted by Gasteiger charge is 2.31. The number of Topliss-reactive ketones (excluding diaryl/α,β-unsaturated/α-hetero) is 1. The van der Waals surface area contributed by atoms with E-state index in [0.29, 0.717) is 22.8 Å². The van der Waals surface area contributed by atoms with E-state index >= 15 is 0 Å². The number of carbonyl (C=O) groups is 1. The number of amidine groups is 1. The van der Waals surface area contributed by atoms with Crippen LogP contribution >= 0.6 is 0 Å². The molecule has 2 aromatic rings. The molecular formula is C16H18BN3O2. The van der Waals surface area contributed by atoms with Crippen LogP contribution in [0.15, 0.2) is 39.8 Å². The van der Waals surface area contributed by atoms with Gasteiger partial charge in [0.25, 0.3) is 0 Å². The first kappa shape index (κ1) is 16.0. The standard InChI is InChI=1S/C16H18BN3O2/c1-10(21)9-16(3,19-11(2)18)15-8-14(22-20-15)12-5-4-6-13(17)7-12/h4-8H,9H2,1-3H3,(H2,18,19)/t16-/m0/s1. The Labute approximate surface area is 131 Å². The van der Waals surface area contributed by atoms with Crippen molar-refractivity contribution in [2.45, 2.75) is 32.7 Å². The number of hydrogen-bond acceptors (Lipinski definition) is 4. The highest BCUT2D eigenvalue weighted by Crippen LogP contribution is 2.32. The molecule has 0 aliphatic rings. The van der Waals surface area contributed by atoms with Crippen LogP contribution in [-0.4, -0.2) is 24.6 Å². The summed E-state index contributed by atoms with van der Waals surface area (Å²) in [6.45, 7) is 5.00. The SMILES string of the molecule is [B]c1cccc(-c2cc([C@](C)(CC(C)=O)N=C(C)N)no2)c1. The topological polar surface area (TPSA) is 81.5 Å². The second-order valence-corrected chi connectivity index (χ2v) is 5.61. The monoisotopic (exact) mass is 295 g/mol. The number of benzene rings is 1. The molecule has 0 saturated heterocycles. The summed E-state index contributed by atoms with van der Waals surface area (Å²) in [5, 5.41) is 4.07. The third-order valence-corrected chi connectivity index (χ3v) is 3.25. The molecule has 5 nitrogen and oxygen atoms in total. The first-order valence-electron chi connectivity index (χ1n) is 6.94. The summed E-state index contributed by atoms with van der Waals surface area (Å²) in [5.41, 5.74) is 6.87. The Balaban J connectivity index is 2.43. The molecule has 1 aromatic heterocycles. The van der Waals surface area contributed by atoms with Gasteiger partial charge in [-0.15, -0.1) is 0 Å². The van der Waals surface area contributed by atoms with Gasteiger partial charge in [-0.05, 0) is 20.8 Å². The van der Waals surface area contributed by atoms with E-state index in [0.717, 1.165) is 5.56 Å². The van der Waals surface area contributed by atoms with Crippen molar-refractivity contribution >= 4 is 24.9 Å². The minimum atomic E-state index is -0.841. The Morgan fingerprint density at radius 2 is 2.14 bits per heavy atom. The first-order valence-corrected chi connectivity index (χ1v) is 6.94. The van der Waals surface area contributed by atoms with Crippen molar-refractivity contribution < 1.29 is 9.32 Å². The van der Waals surface area contributed by atoms with Crippen LogP contribution in [0.1, 0.15) is 32.9 Å². The lowest BCUT2D eigenvalue weighted by Gasteiger charge is -2.21. The smallest absolute Gasteiger partial charge is 0.167 e. The van der Waals surface area contributed by atoms with Crippen LogP contribution < -0.4 is 11.2 Å². The highest BCUT2D eigenvalue weighted by molar-refractivity contribution is 6.32. The Morgan fingerprint density at radius 1 is 1.41 bits per heavy atom. The summed E-state index contributed by atoms with van der Waals surface area (Å²) in [7, 11) is 5.78. The van der Waals surface area contributed by atoms with E-state index in [1.807, 2.05) is 19.1 Å². The fourth-order valence-electron chi connectivity index (χ4n) is 2.42. The second kappa shape index (κ2) is 6.18. The van der Waals surface area contributed by atoms with Crippen LogP contribution in [0.25, 0.3) is 11.3 Å². The van der Waals surface area contributed by atoms with E-state index in [-0.39, 0.29) is 12.2 Å². The number of aromatic nitrogens is 1. The molecule has 0 aliphatic heterocycles. The van der Waals surface area contributed by atoms with E-state index in [1.165, 1.54) is 6.92 Å². The van der Waals surface area contributed by atoms with Crippen molar-refractivity contribution in [2.75, 3.05) is 0 Å². The zero-order valence-corrected chi connectivity index (χ0v) is 13.0. The van der Waals surface area contributed by atoms with Crippen molar-refractivity contribution in [3.63, 3.8) is 0 Å². The van der Waals surface area contributed by atoms with Crippen molar-refractivity contribution in [3.05, 3.63) is 36.0 Å². The van der Waals surface area contributed by atoms with E-state index in [2.05, 4.69) is 10.1 Å². The lowest BCUT2D eigenvalue weighted by molar-refractivity contribution is -0.118. The number of nitrogens with two attached hydrogens (primary N) is 1. The number of hydrogen-bond donors (Lipinski definition) is 1. The minimum Gasteiger partial charge on any atom is -0.388 e. The average Bonchev–Trinajstić information content (AvgIpc) is 2.86. The van der Waals surface area contributed by atoms with Gasteiger partial charge in [-0.3, -0.25) is 9.79 Å². The van der Waals surface area contributed by atoms with E-state index in [9.17, 15) is 4.79 Å². The van der Waals surface area contributed by atoms with Gasteiger partial charge in [-0.1, -0.05) is 34.9 Å². The Morgan fingerprint density at radius 3 is 2.73 bits per heavy atom. The van der Waals surface area contributed by atoms with Crippen molar-refractivity contribution in [3.8, 4) is 11.3 Å². The van der Waals surface area contributed by atoms with Crippen molar-refractivity contribution in [1.82, 2.24) is 5.16 Å². The summed E-state index contributed by atoms with van der Waals surface area (Å²) in [6.07, 6.45) is 0.199. The van der Waals surface area contributed by atoms with Crippen LogP contribution in [-0.2, 0) is 10.3 Å². The van der Waals surface area contributed by atoms with Gasteiger partial charge in [0.05, 0.1) is 5.84 Å². The van der Waals surface area contributed by atoms with E-state index in [1.54, 1.807) is 25.1 Å². The Kier molecular flexibility index (Phi) is 4.49. The molecule has 0 spiro atoms. The third kappa shape index (κ3) is 3.64. The molecule has 1 aromatic carbocycles. The molecule has 0 aliphatic carbocycles. The van der Waals surface area contributed by atoms with Gasteiger partial charge in [-0.2, -0.15) is 0 Å². The minimum absolute atomic E-state index is 0.000931. The van der Waals surface area contributed by atoms with Gasteiger partial charge in [0.2, 0.25) is 0 Å². The normalized spacial score (nSPS) is 14.6. The fourth-order valence-corrected chi connectivity index (χ4v) is 2.42. The van der Waals surface area contributed by atoms with Crippen LogP contribution in [0, 0.1) is 0 Å². The molecular weight excluding hydrogens is 277 g/mol. The van der Waals surface area contributed by atoms with Crippen molar-refractivity contribution in [1.29, 1.82) is 0 Å². The van der Waals surface area contributed by atoms with Gasteiger partial charge in [0, 0.05) is 18.1 Å². The highest BCUT2D eigenvalue weighted by atomic mass is 16.5. The Hall–Kier alpha value is -2.37. The predicted molar refractivity (Wildman–Crippen MR) is 87.3 cm³/mol. The summed E-state index contributed by atoms with van der Waals surface area (Å²) in [6, 6.07) is 9.07. The molecule has 0 unspecified atom stereocenters. The molecule has 2 N–H and O–H groups in total. The molecule has 6 heteroatoms. The summed E-state index contributed by atoms with van der Waals surface area (Å²) in [4.78, 5) is 15.9. The maximum Gasteiger partial charge on any atom is 0.167 e. The van der Waals surface area contributed by atoms with Gasteiger partial charge in [0.15, 0.2) is 5.76 Å². The molecule has 2 rings (SSSR count). The molecule has 1 heterocycles. The maximum absolute atomic E-state index is 11.6. The first-order chi connectivity index (χ1) is 10.3. The number of nitrogens with zero attached hydrogens (tertiary/aromatic N) is 2. The van der Waals surface area contributed by atoms with Crippen molar-refractivity contribution in [2.24, 2.45) is 10.7 Å². The molecule has 0 amide bonds. The summed E-state index contributed by atoms with van der Waals surface area (Å²) in [5.74, 6) is 0.959. The number of rotatable bonds is 5. The molecule has 0 saturated carbocycles. The van der Waals surface area contributed by atoms with Crippen LogP contribution in [0.2, 0.25) is 0 Å². The zero-order valence-electron chi connectivity index (χ0n) is 13.0. The predicted octanol–water partition coefficient (Wildman–Crippen LogP) is 1.71. The molecule has 2 radical (unpaired) electrons. The van der Waals surface area contributed by atoms with Gasteiger partial charge in [0.1, 0.15) is 24.9 Å². The van der Waals surface area contributed by atoms with Crippen LogP contribution in [0.4, 0.5) is 0 Å². The van der Waals surface area contributed by atoms with Gasteiger partial charge < -0.3 is 10.3 Å². The molecule has 0 bridgehead atoms.